The molecule has 0 unspecified atom stereocenters. The number of aliphatic hydroxyl groups is 4. The van der Waals surface area contributed by atoms with Crippen LogP contribution in [0.4, 0.5) is 0 Å². The van der Waals surface area contributed by atoms with Crippen molar-refractivity contribution < 1.29 is 77.5 Å². The zero-order valence-electron chi connectivity index (χ0n) is 25.1. The fraction of sp³-hybridized carbons (Fsp3) is 0.778. The SMILES string of the molecule is C=CCCCO[C@@H]1O[C@H](CO[C@]2(C(=O)OC)C[C@H](O)[C@@H](N)[C@H]([C@H](O)[C@H](O)CO)O2)[C@H](OC(C)=O)[C@H](OC(C)=O)[C@H]1OC(C)=O. The van der Waals surface area contributed by atoms with E-state index in [2.05, 4.69) is 6.58 Å². The molecule has 17 heteroatoms. The number of aliphatic hydroxyl groups excluding tert-OH is 4. The first kappa shape index (κ1) is 37.4. The Labute approximate surface area is 254 Å². The summed E-state index contributed by atoms with van der Waals surface area (Å²) in [5, 5.41) is 40.5. The molecule has 2 saturated heterocycles. The van der Waals surface area contributed by atoms with Gasteiger partial charge in [-0.1, -0.05) is 6.08 Å². The zero-order valence-corrected chi connectivity index (χ0v) is 25.1. The molecular formula is C27H43NO16. The van der Waals surface area contributed by atoms with E-state index in [0.717, 1.165) is 27.9 Å². The maximum absolute atomic E-state index is 13.0. The third kappa shape index (κ3) is 9.63. The van der Waals surface area contributed by atoms with Crippen molar-refractivity contribution in [3.8, 4) is 0 Å². The Morgan fingerprint density at radius 1 is 1.05 bits per heavy atom. The number of allylic oxidation sites excluding steroid dienone is 1. The lowest BCUT2D eigenvalue weighted by atomic mass is 9.89. The summed E-state index contributed by atoms with van der Waals surface area (Å²) in [4.78, 5) is 49.3. The number of hydrogen-bond donors (Lipinski definition) is 5. The van der Waals surface area contributed by atoms with E-state index < -0.39 is 110 Å². The Hall–Kier alpha value is -2.74. The van der Waals surface area contributed by atoms with E-state index in [-0.39, 0.29) is 6.61 Å². The van der Waals surface area contributed by atoms with Gasteiger partial charge in [0.05, 0.1) is 39.1 Å². The molecule has 2 aliphatic heterocycles. The molecule has 0 saturated carbocycles. The van der Waals surface area contributed by atoms with Crippen molar-refractivity contribution in [2.75, 3.05) is 26.9 Å². The van der Waals surface area contributed by atoms with Gasteiger partial charge in [0.15, 0.2) is 24.6 Å². The molecule has 0 amide bonds. The number of hydrogen-bond acceptors (Lipinski definition) is 17. The molecule has 2 fully saturated rings. The first-order valence-corrected chi connectivity index (χ1v) is 13.9. The predicted octanol–water partition coefficient (Wildman–Crippen LogP) is -2.43. The second-order valence-corrected chi connectivity index (χ2v) is 10.3. The Kier molecular flexibility index (Phi) is 14.5. The van der Waals surface area contributed by atoms with Crippen LogP contribution in [-0.2, 0) is 57.1 Å². The average molecular weight is 638 g/mol. The van der Waals surface area contributed by atoms with Crippen LogP contribution in [0.3, 0.4) is 0 Å². The first-order chi connectivity index (χ1) is 20.7. The molecule has 0 spiro atoms. The molecule has 44 heavy (non-hydrogen) atoms. The topological polar surface area (TPSA) is 249 Å². The maximum atomic E-state index is 13.0. The smallest absolute Gasteiger partial charge is 0.366 e. The third-order valence-electron chi connectivity index (χ3n) is 6.86. The zero-order chi connectivity index (χ0) is 33.2. The minimum absolute atomic E-state index is 0.0824. The Morgan fingerprint density at radius 2 is 1.64 bits per heavy atom. The van der Waals surface area contributed by atoms with Gasteiger partial charge < -0.3 is 64.1 Å². The van der Waals surface area contributed by atoms with Crippen LogP contribution < -0.4 is 5.73 Å². The number of ether oxygens (including phenoxy) is 8. The highest BCUT2D eigenvalue weighted by atomic mass is 16.8. The number of carbonyl (C=O) groups excluding carboxylic acids is 4. The molecule has 0 aromatic rings. The van der Waals surface area contributed by atoms with Crippen molar-refractivity contribution in [2.24, 2.45) is 5.73 Å². The van der Waals surface area contributed by atoms with Crippen molar-refractivity contribution >= 4 is 23.9 Å². The quantitative estimate of drug-likeness (QED) is 0.0541. The van der Waals surface area contributed by atoms with E-state index >= 15 is 0 Å². The molecule has 17 nitrogen and oxygen atoms in total. The normalized spacial score (nSPS) is 33.4. The van der Waals surface area contributed by atoms with E-state index in [0.29, 0.717) is 12.8 Å². The molecule has 0 aromatic carbocycles. The number of carbonyl (C=O) groups is 4. The molecule has 0 aliphatic carbocycles. The molecule has 6 N–H and O–H groups in total. The van der Waals surface area contributed by atoms with E-state index in [1.807, 2.05) is 0 Å². The Morgan fingerprint density at radius 3 is 2.18 bits per heavy atom. The Balaban J connectivity index is 2.50. The fourth-order valence-electron chi connectivity index (χ4n) is 4.81. The first-order valence-electron chi connectivity index (χ1n) is 13.9. The average Bonchev–Trinajstić information content (AvgIpc) is 2.96. The van der Waals surface area contributed by atoms with Gasteiger partial charge in [-0.05, 0) is 12.8 Å². The minimum Gasteiger partial charge on any atom is -0.465 e. The highest BCUT2D eigenvalue weighted by molar-refractivity contribution is 5.78. The highest BCUT2D eigenvalue weighted by Gasteiger charge is 2.57. The molecule has 2 heterocycles. The number of nitrogens with two attached hydrogens (primary N) is 1. The van der Waals surface area contributed by atoms with Crippen molar-refractivity contribution in [2.45, 2.75) is 107 Å². The lowest BCUT2D eigenvalue weighted by Crippen LogP contribution is -2.67. The van der Waals surface area contributed by atoms with Crippen LogP contribution in [0.2, 0.25) is 0 Å². The number of rotatable bonds is 15. The van der Waals surface area contributed by atoms with Crippen LogP contribution in [0, 0.1) is 0 Å². The van der Waals surface area contributed by atoms with Crippen LogP contribution in [0.25, 0.3) is 0 Å². The maximum Gasteiger partial charge on any atom is 0.366 e. The summed E-state index contributed by atoms with van der Waals surface area (Å²) in [6.07, 6.45) is -11.9. The summed E-state index contributed by atoms with van der Waals surface area (Å²) in [6, 6.07) is -1.33. The Bertz CT molecular complexity index is 995. The largest absolute Gasteiger partial charge is 0.465 e. The number of methoxy groups -OCH3 is 1. The molecule has 11 atom stereocenters. The number of unbranched alkanes of at least 4 members (excludes halogenated alkanes) is 1. The summed E-state index contributed by atoms with van der Waals surface area (Å²) in [6.45, 7) is 5.38. The second-order valence-electron chi connectivity index (χ2n) is 10.3. The number of esters is 4. The van der Waals surface area contributed by atoms with E-state index in [1.165, 1.54) is 0 Å². The predicted molar refractivity (Wildman–Crippen MR) is 144 cm³/mol. The molecule has 2 aliphatic rings. The molecule has 0 aromatic heterocycles. The molecular weight excluding hydrogens is 594 g/mol. The summed E-state index contributed by atoms with van der Waals surface area (Å²) in [5.41, 5.74) is 5.97. The standard InChI is InChI=1S/C27H43NO16/c1-6-7-8-9-38-25-24(42-15(4)32)23(41-14(3)31)21(40-13(2)30)18(43-25)12-39-27(26(36)37-5)10-16(33)19(28)22(44-27)20(35)17(34)11-29/h6,16-25,29,33-35H,1,7-12,28H2,2-5H3/t16-,17+,18+,19+,20+,21-,22+,23-,24+,25+,27+/m0/s1. The molecule has 2 rings (SSSR count). The van der Waals surface area contributed by atoms with Crippen LogP contribution in [0.15, 0.2) is 12.7 Å². The summed E-state index contributed by atoms with van der Waals surface area (Å²) >= 11 is 0. The third-order valence-corrected chi connectivity index (χ3v) is 6.86. The second kappa shape index (κ2) is 17.1. The lowest BCUT2D eigenvalue weighted by molar-refractivity contribution is -0.339. The van der Waals surface area contributed by atoms with Crippen molar-refractivity contribution in [1.82, 2.24) is 0 Å². The van der Waals surface area contributed by atoms with Gasteiger partial charge in [-0.2, -0.15) is 0 Å². The summed E-state index contributed by atoms with van der Waals surface area (Å²) in [7, 11) is 0.998. The van der Waals surface area contributed by atoms with Gasteiger partial charge in [0.2, 0.25) is 0 Å². The van der Waals surface area contributed by atoms with E-state index in [9.17, 15) is 39.6 Å². The van der Waals surface area contributed by atoms with Gasteiger partial charge in [-0.15, -0.1) is 6.58 Å². The van der Waals surface area contributed by atoms with Crippen LogP contribution >= 0.6 is 0 Å². The van der Waals surface area contributed by atoms with Gasteiger partial charge in [0.1, 0.15) is 24.4 Å². The lowest BCUT2D eigenvalue weighted by Gasteiger charge is -2.47. The van der Waals surface area contributed by atoms with Gasteiger partial charge in [0.25, 0.3) is 5.79 Å². The van der Waals surface area contributed by atoms with Crippen molar-refractivity contribution in [1.29, 1.82) is 0 Å². The summed E-state index contributed by atoms with van der Waals surface area (Å²) in [5.74, 6) is -6.09. The van der Waals surface area contributed by atoms with Crippen LogP contribution in [0.5, 0.6) is 0 Å². The molecule has 0 bridgehead atoms. The van der Waals surface area contributed by atoms with Crippen molar-refractivity contribution in [3.63, 3.8) is 0 Å². The van der Waals surface area contributed by atoms with E-state index in [1.54, 1.807) is 6.08 Å². The summed E-state index contributed by atoms with van der Waals surface area (Å²) < 4.78 is 44.4. The fourth-order valence-corrected chi connectivity index (χ4v) is 4.81. The van der Waals surface area contributed by atoms with Crippen molar-refractivity contribution in [3.05, 3.63) is 12.7 Å². The highest BCUT2D eigenvalue weighted by Crippen LogP contribution is 2.36. The van der Waals surface area contributed by atoms with Gasteiger partial charge in [-0.3, -0.25) is 14.4 Å². The molecule has 0 radical (unpaired) electrons. The van der Waals surface area contributed by atoms with Gasteiger partial charge in [0, 0.05) is 27.2 Å². The van der Waals surface area contributed by atoms with Crippen LogP contribution in [-0.4, -0.2) is 138 Å². The van der Waals surface area contributed by atoms with Gasteiger partial charge >= 0.3 is 23.9 Å². The van der Waals surface area contributed by atoms with Crippen LogP contribution in [0.1, 0.15) is 40.0 Å². The monoisotopic (exact) mass is 637 g/mol. The minimum atomic E-state index is -2.46. The van der Waals surface area contributed by atoms with E-state index in [4.69, 9.17) is 43.6 Å². The van der Waals surface area contributed by atoms with Gasteiger partial charge in [-0.25, -0.2) is 4.79 Å². The molecule has 252 valence electrons.